The molecule has 6 nitrogen and oxygen atoms in total. The normalized spacial score (nSPS) is 14.8. The summed E-state index contributed by atoms with van der Waals surface area (Å²) in [6.45, 7) is 6.82. The first-order chi connectivity index (χ1) is 11.2. The van der Waals surface area contributed by atoms with Crippen molar-refractivity contribution in [2.45, 2.75) is 6.92 Å². The van der Waals surface area contributed by atoms with Crippen LogP contribution < -0.4 is 15.0 Å². The summed E-state index contributed by atoms with van der Waals surface area (Å²) in [5.74, 6) is 2.58. The molecule has 1 aromatic heterocycles. The molecule has 1 aromatic carbocycles. The lowest BCUT2D eigenvalue weighted by Gasteiger charge is -2.36. The Bertz CT molecular complexity index is 629. The van der Waals surface area contributed by atoms with Crippen molar-refractivity contribution in [3.63, 3.8) is 0 Å². The number of rotatable bonds is 5. The Labute approximate surface area is 149 Å². The number of hydrogen-bond donors (Lipinski definition) is 1. The van der Waals surface area contributed by atoms with Crippen molar-refractivity contribution < 1.29 is 4.74 Å². The fraction of sp³-hybridized carbons (Fsp3) is 0.412. The lowest BCUT2D eigenvalue weighted by molar-refractivity contribution is 0.275. The molecule has 0 radical (unpaired) electrons. The fourth-order valence-corrected chi connectivity index (χ4v) is 2.70. The number of methoxy groups -OCH3 is 1. The molecule has 0 amide bonds. The van der Waals surface area contributed by atoms with Crippen LogP contribution in [0.4, 0.5) is 11.5 Å². The summed E-state index contributed by atoms with van der Waals surface area (Å²) in [5.41, 5.74) is 1.25. The Balaban J connectivity index is 0.00000208. The molecule has 7 heteroatoms. The molecule has 0 unspecified atom stereocenters. The number of hydrogen-bond acceptors (Lipinski definition) is 6. The Kier molecular flexibility index (Phi) is 6.63. The van der Waals surface area contributed by atoms with Gasteiger partial charge in [0.1, 0.15) is 17.4 Å². The van der Waals surface area contributed by atoms with Gasteiger partial charge >= 0.3 is 0 Å². The predicted octanol–water partition coefficient (Wildman–Crippen LogP) is 2.41. The van der Waals surface area contributed by atoms with Gasteiger partial charge in [-0.25, -0.2) is 9.97 Å². The van der Waals surface area contributed by atoms with Gasteiger partial charge in [-0.2, -0.15) is 0 Å². The van der Waals surface area contributed by atoms with Crippen LogP contribution in [0.25, 0.3) is 0 Å². The molecule has 1 N–H and O–H groups in total. The van der Waals surface area contributed by atoms with E-state index in [0.29, 0.717) is 0 Å². The van der Waals surface area contributed by atoms with E-state index >= 15 is 0 Å². The summed E-state index contributed by atoms with van der Waals surface area (Å²) in [4.78, 5) is 13.3. The van der Waals surface area contributed by atoms with Crippen LogP contribution in [-0.2, 0) is 0 Å². The fourth-order valence-electron chi connectivity index (χ4n) is 2.70. The third kappa shape index (κ3) is 4.72. The third-order valence-corrected chi connectivity index (χ3v) is 4.07. The molecule has 2 aromatic rings. The van der Waals surface area contributed by atoms with E-state index in [1.807, 2.05) is 25.1 Å². The topological polar surface area (TPSA) is 53.5 Å². The number of anilines is 2. The van der Waals surface area contributed by atoms with Gasteiger partial charge in [0.05, 0.1) is 13.8 Å². The number of nitrogens with one attached hydrogen (secondary N) is 1. The highest BCUT2D eigenvalue weighted by molar-refractivity contribution is 5.85. The molecule has 0 spiro atoms. The molecule has 1 fully saturated rings. The van der Waals surface area contributed by atoms with Crippen LogP contribution in [0.2, 0.25) is 0 Å². The smallest absolute Gasteiger partial charge is 0.130 e. The van der Waals surface area contributed by atoms with Crippen molar-refractivity contribution in [1.29, 1.82) is 0 Å². The van der Waals surface area contributed by atoms with E-state index in [2.05, 4.69) is 37.2 Å². The molecule has 0 bridgehead atoms. The highest BCUT2D eigenvalue weighted by Crippen LogP contribution is 2.20. The van der Waals surface area contributed by atoms with E-state index < -0.39 is 0 Å². The summed E-state index contributed by atoms with van der Waals surface area (Å²) >= 11 is 0. The quantitative estimate of drug-likeness (QED) is 0.894. The summed E-state index contributed by atoms with van der Waals surface area (Å²) in [7, 11) is 1.69. The van der Waals surface area contributed by atoms with E-state index in [-0.39, 0.29) is 12.4 Å². The van der Waals surface area contributed by atoms with Gasteiger partial charge in [-0.05, 0) is 37.3 Å². The van der Waals surface area contributed by atoms with Crippen molar-refractivity contribution in [3.8, 4) is 5.75 Å². The Morgan fingerprint density at radius 2 is 1.79 bits per heavy atom. The largest absolute Gasteiger partial charge is 0.497 e. The van der Waals surface area contributed by atoms with Crippen molar-refractivity contribution in [1.82, 2.24) is 14.9 Å². The maximum atomic E-state index is 5.21. The third-order valence-electron chi connectivity index (χ3n) is 4.07. The standard InChI is InChI=1S/C17H23N5O.ClH/c1-14-18-8-7-17(20-14)19-13-21-9-11-22(12-10-21)15-3-5-16(23-2)6-4-15;/h3-8H,9-13H2,1-2H3,(H,18,19,20);1H. The molecule has 3 rings (SSSR count). The first-order valence-corrected chi connectivity index (χ1v) is 7.89. The monoisotopic (exact) mass is 349 g/mol. The second-order valence-electron chi connectivity index (χ2n) is 5.63. The SMILES string of the molecule is COc1ccc(N2CCN(CNc3ccnc(C)n3)CC2)cc1.Cl. The van der Waals surface area contributed by atoms with Crippen molar-refractivity contribution in [3.05, 3.63) is 42.4 Å². The summed E-state index contributed by atoms with van der Waals surface area (Å²) in [6.07, 6.45) is 1.78. The van der Waals surface area contributed by atoms with Crippen molar-refractivity contribution in [2.24, 2.45) is 0 Å². The second kappa shape index (κ2) is 8.70. The lowest BCUT2D eigenvalue weighted by Crippen LogP contribution is -2.48. The molecular weight excluding hydrogens is 326 g/mol. The van der Waals surface area contributed by atoms with Gasteiger partial charge in [0.25, 0.3) is 0 Å². The maximum Gasteiger partial charge on any atom is 0.130 e. The molecular formula is C17H24ClN5O. The highest BCUT2D eigenvalue weighted by atomic mass is 35.5. The van der Waals surface area contributed by atoms with Crippen LogP contribution in [-0.4, -0.2) is 54.8 Å². The molecule has 1 aliphatic rings. The number of nitrogens with zero attached hydrogens (tertiary/aromatic N) is 4. The van der Waals surface area contributed by atoms with Crippen LogP contribution in [0.1, 0.15) is 5.82 Å². The summed E-state index contributed by atoms with van der Waals surface area (Å²) in [5, 5.41) is 3.36. The van der Waals surface area contributed by atoms with E-state index in [1.54, 1.807) is 13.3 Å². The number of benzene rings is 1. The highest BCUT2D eigenvalue weighted by Gasteiger charge is 2.17. The first-order valence-electron chi connectivity index (χ1n) is 7.89. The maximum absolute atomic E-state index is 5.21. The van der Waals surface area contributed by atoms with E-state index in [1.165, 1.54) is 5.69 Å². The first kappa shape index (κ1) is 18.3. The lowest BCUT2D eigenvalue weighted by atomic mass is 10.2. The minimum atomic E-state index is 0. The molecule has 1 aliphatic heterocycles. The van der Waals surface area contributed by atoms with Gasteiger partial charge in [-0.3, -0.25) is 4.90 Å². The van der Waals surface area contributed by atoms with Crippen LogP contribution in [0.3, 0.4) is 0 Å². The van der Waals surface area contributed by atoms with Gasteiger partial charge in [-0.1, -0.05) is 0 Å². The molecule has 2 heterocycles. The van der Waals surface area contributed by atoms with Crippen LogP contribution in [0.5, 0.6) is 5.75 Å². The predicted molar refractivity (Wildman–Crippen MR) is 99.3 cm³/mol. The average molecular weight is 350 g/mol. The van der Waals surface area contributed by atoms with E-state index in [9.17, 15) is 0 Å². The molecule has 1 saturated heterocycles. The number of aryl methyl sites for hydroxylation is 1. The van der Waals surface area contributed by atoms with Gasteiger partial charge in [0, 0.05) is 38.1 Å². The summed E-state index contributed by atoms with van der Waals surface area (Å²) < 4.78 is 5.21. The van der Waals surface area contributed by atoms with Gasteiger partial charge < -0.3 is 15.0 Å². The Morgan fingerprint density at radius 3 is 2.42 bits per heavy atom. The molecule has 130 valence electrons. The Morgan fingerprint density at radius 1 is 1.08 bits per heavy atom. The minimum Gasteiger partial charge on any atom is -0.497 e. The number of aromatic nitrogens is 2. The Hall–Kier alpha value is -2.05. The average Bonchev–Trinajstić information content (AvgIpc) is 2.61. The zero-order valence-corrected chi connectivity index (χ0v) is 14.9. The van der Waals surface area contributed by atoms with Crippen LogP contribution >= 0.6 is 12.4 Å². The number of ether oxygens (including phenoxy) is 1. The molecule has 0 aliphatic carbocycles. The molecule has 0 atom stereocenters. The van der Waals surface area contributed by atoms with E-state index in [4.69, 9.17) is 4.74 Å². The molecule has 0 saturated carbocycles. The van der Waals surface area contributed by atoms with Crippen molar-refractivity contribution >= 4 is 23.9 Å². The zero-order valence-electron chi connectivity index (χ0n) is 14.1. The van der Waals surface area contributed by atoms with Crippen LogP contribution in [0.15, 0.2) is 36.5 Å². The summed E-state index contributed by atoms with van der Waals surface area (Å²) in [6, 6.07) is 10.2. The minimum absolute atomic E-state index is 0. The van der Waals surface area contributed by atoms with Gasteiger partial charge in [0.15, 0.2) is 0 Å². The number of halogens is 1. The van der Waals surface area contributed by atoms with Crippen molar-refractivity contribution in [2.75, 3.05) is 50.2 Å². The number of piperazine rings is 1. The second-order valence-corrected chi connectivity index (χ2v) is 5.63. The van der Waals surface area contributed by atoms with E-state index in [0.717, 1.165) is 50.2 Å². The van der Waals surface area contributed by atoms with Gasteiger partial charge in [-0.15, -0.1) is 12.4 Å². The zero-order chi connectivity index (χ0) is 16.1. The van der Waals surface area contributed by atoms with Gasteiger partial charge in [0.2, 0.25) is 0 Å². The van der Waals surface area contributed by atoms with Crippen LogP contribution in [0, 0.1) is 6.92 Å². The molecule has 24 heavy (non-hydrogen) atoms.